The number of hydrogen-bond acceptors (Lipinski definition) is 7. The molecule has 0 saturated heterocycles. The minimum Gasteiger partial charge on any atom is -0.553 e. The molecule has 2 unspecified atom stereocenters. The van der Waals surface area contributed by atoms with Gasteiger partial charge in [0, 0.05) is 25.8 Å². The normalized spacial score (nSPS) is 12.1. The molecular weight excluding hydrogens is 585 g/mol. The Morgan fingerprint density at radius 2 is 1.60 bits per heavy atom. The minimum atomic E-state index is -0.780. The molecular formula is C16H25NO7Rf-2. The fourth-order valence-corrected chi connectivity index (χ4v) is 1.40. The van der Waals surface area contributed by atoms with E-state index in [1.165, 1.54) is 6.92 Å². The summed E-state index contributed by atoms with van der Waals surface area (Å²) in [5, 5.41) is 28.5. The molecule has 0 bridgehead atoms. The average molecular weight is 610 g/mol. The van der Waals surface area contributed by atoms with Crippen molar-refractivity contribution >= 4 is 11.6 Å². The molecule has 25 heavy (non-hydrogen) atoms. The number of aliphatic hydroxyl groups excluding tert-OH is 3. The summed E-state index contributed by atoms with van der Waals surface area (Å²) < 4.78 is 14.1. The molecule has 1 rings (SSSR count). The largest absolute Gasteiger partial charge is 0.553 e. The van der Waals surface area contributed by atoms with Crippen LogP contribution in [0.15, 0.2) is 24.3 Å². The second kappa shape index (κ2) is 14.9. The molecule has 8 nitrogen and oxygen atoms in total. The third-order valence-corrected chi connectivity index (χ3v) is 2.45. The first-order chi connectivity index (χ1) is 11.4. The van der Waals surface area contributed by atoms with Gasteiger partial charge in [-0.3, -0.25) is 4.79 Å². The molecule has 2 atom stereocenters. The Labute approximate surface area is 142 Å². The molecule has 0 spiro atoms. The van der Waals surface area contributed by atoms with Gasteiger partial charge in [0.15, 0.2) is 0 Å². The van der Waals surface area contributed by atoms with Gasteiger partial charge in [-0.2, -0.15) is 0 Å². The van der Waals surface area contributed by atoms with Crippen molar-refractivity contribution in [3.63, 3.8) is 0 Å². The number of anilines is 1. The molecule has 0 aliphatic heterocycles. The number of rotatable bonds is 9. The van der Waals surface area contributed by atoms with Gasteiger partial charge in [-0.05, 0) is 24.3 Å². The van der Waals surface area contributed by atoms with Crippen molar-refractivity contribution in [3.8, 4) is 5.75 Å². The van der Waals surface area contributed by atoms with Gasteiger partial charge in [0.1, 0.15) is 18.5 Å². The number of carbonyl (C=O) groups is 1. The Bertz CT molecular complexity index is 445. The van der Waals surface area contributed by atoms with Gasteiger partial charge in [0.2, 0.25) is 5.91 Å². The molecule has 1 aromatic carbocycles. The van der Waals surface area contributed by atoms with Crippen molar-refractivity contribution in [2.24, 2.45) is 0 Å². The minimum absolute atomic E-state index is 0. The number of ether oxygens (including phenoxy) is 3. The van der Waals surface area contributed by atoms with E-state index in [-0.39, 0.29) is 32.3 Å². The topological polar surface area (TPSA) is 117 Å². The zero-order valence-corrected chi connectivity index (χ0v) is 20.8. The first kappa shape index (κ1) is 24.5. The summed E-state index contributed by atoms with van der Waals surface area (Å²) in [7, 11) is 6.17. The summed E-state index contributed by atoms with van der Waals surface area (Å²) in [4.78, 5) is 10.8. The van der Waals surface area contributed by atoms with E-state index in [4.69, 9.17) is 14.9 Å². The molecule has 0 fully saturated rings. The molecule has 0 radical (unpaired) electrons. The van der Waals surface area contributed by atoms with E-state index in [9.17, 15) is 9.90 Å². The molecule has 1 amide bonds. The van der Waals surface area contributed by atoms with Crippen LogP contribution in [0.4, 0.5) is 5.69 Å². The van der Waals surface area contributed by atoms with Gasteiger partial charge >= 0.3 is 0 Å². The smallest absolute Gasteiger partial charge is 0.221 e. The summed E-state index contributed by atoms with van der Waals surface area (Å²) >= 11 is 0. The maximum absolute atomic E-state index is 10.8. The molecule has 140 valence electrons. The first-order valence-electron chi connectivity index (χ1n) is 7.14. The SMILES string of the molecule is [CH2-]OCC(O)CO.[CH2-]OCC(O)COc1ccc(NC(C)=O)cc1.[Rf]. The van der Waals surface area contributed by atoms with Crippen molar-refractivity contribution in [2.45, 2.75) is 19.1 Å². The van der Waals surface area contributed by atoms with Crippen LogP contribution in [0, 0.1) is 14.2 Å². The van der Waals surface area contributed by atoms with Gasteiger partial charge < -0.3 is 34.8 Å². The molecule has 1 aromatic rings. The predicted molar refractivity (Wildman–Crippen MR) is 88.0 cm³/mol. The zero-order valence-electron chi connectivity index (χ0n) is 14.4. The molecule has 0 aliphatic carbocycles. The van der Waals surface area contributed by atoms with E-state index in [2.05, 4.69) is 29.0 Å². The summed E-state index contributed by atoms with van der Waals surface area (Å²) in [6, 6.07) is 6.87. The number of benzene rings is 1. The number of amides is 1. The van der Waals surface area contributed by atoms with Crippen LogP contribution in [0.25, 0.3) is 0 Å². The fourth-order valence-electron chi connectivity index (χ4n) is 1.40. The van der Waals surface area contributed by atoms with E-state index in [0.29, 0.717) is 11.4 Å². The van der Waals surface area contributed by atoms with Crippen LogP contribution >= 0.6 is 0 Å². The van der Waals surface area contributed by atoms with Crippen LogP contribution in [0.3, 0.4) is 0 Å². The first-order valence-corrected chi connectivity index (χ1v) is 7.14. The summed E-state index contributed by atoms with van der Waals surface area (Å²) in [6.45, 7) is 1.53. The molecule has 0 saturated carbocycles. The van der Waals surface area contributed by atoms with Gasteiger partial charge in [0.05, 0.1) is 12.7 Å². The van der Waals surface area contributed by atoms with Gasteiger partial charge in [-0.25, -0.2) is 14.2 Å². The molecule has 0 heterocycles. The van der Waals surface area contributed by atoms with Crippen LogP contribution in [-0.2, 0) is 14.3 Å². The Balaban J connectivity index is 0. The Morgan fingerprint density at radius 1 is 1.08 bits per heavy atom. The molecule has 4 N–H and O–H groups in total. The number of aliphatic hydroxyl groups is 3. The summed E-state index contributed by atoms with van der Waals surface area (Å²) in [6.07, 6.45) is -1.49. The van der Waals surface area contributed by atoms with Crippen LogP contribution in [-0.4, -0.2) is 59.9 Å². The average Bonchev–Trinajstić information content (AvgIpc) is 2.55. The van der Waals surface area contributed by atoms with E-state index in [1.54, 1.807) is 24.3 Å². The molecule has 0 aliphatic rings. The third-order valence-electron chi connectivity index (χ3n) is 2.45. The zero-order chi connectivity index (χ0) is 18.4. The second-order valence-electron chi connectivity index (χ2n) is 4.75. The van der Waals surface area contributed by atoms with Crippen molar-refractivity contribution in [1.82, 2.24) is 0 Å². The Kier molecular flexibility index (Phi) is 14.6. The van der Waals surface area contributed by atoms with Crippen molar-refractivity contribution in [1.29, 1.82) is 0 Å². The van der Waals surface area contributed by atoms with Crippen molar-refractivity contribution in [2.75, 3.05) is 31.7 Å². The van der Waals surface area contributed by atoms with Crippen molar-refractivity contribution < 1.29 is 34.3 Å². The van der Waals surface area contributed by atoms with E-state index >= 15 is 0 Å². The molecule has 9 heteroatoms. The Morgan fingerprint density at radius 3 is 2.00 bits per heavy atom. The quantitative estimate of drug-likeness (QED) is 0.298. The van der Waals surface area contributed by atoms with Crippen LogP contribution in [0.2, 0.25) is 0 Å². The number of nitrogens with one attached hydrogen (secondary N) is 1. The van der Waals surface area contributed by atoms with Crippen LogP contribution < -0.4 is 10.1 Å². The maximum Gasteiger partial charge on any atom is 0.221 e. The van der Waals surface area contributed by atoms with Crippen LogP contribution in [0.5, 0.6) is 5.75 Å². The fraction of sp³-hybridized carbons (Fsp3) is 0.438. The maximum atomic E-state index is 10.8. The predicted octanol–water partition coefficient (Wildman–Crippen LogP) is 0.341. The van der Waals surface area contributed by atoms with E-state index in [1.807, 2.05) is 0 Å². The van der Waals surface area contributed by atoms with Crippen molar-refractivity contribution in [3.05, 3.63) is 38.5 Å². The summed E-state index contributed by atoms with van der Waals surface area (Å²) in [5.41, 5.74) is 0.700. The van der Waals surface area contributed by atoms with Gasteiger partial charge in [0.25, 0.3) is 0 Å². The van der Waals surface area contributed by atoms with E-state index in [0.717, 1.165) is 0 Å². The summed E-state index contributed by atoms with van der Waals surface area (Å²) in [5.74, 6) is 0.490. The third kappa shape index (κ3) is 13.4. The second-order valence-corrected chi connectivity index (χ2v) is 4.75. The number of hydrogen-bond donors (Lipinski definition) is 4. The van der Waals surface area contributed by atoms with Gasteiger partial charge in [-0.15, -0.1) is 0 Å². The standard InChI is InChI=1S/C12H16NO4.C4H9O3.Rf/c1-9(14)13-10-3-5-12(6-4-10)17-8-11(15)7-16-2;1-7-3-4(6)2-5;/h3-6,11,15H,2,7-8H2,1H3,(H,13,14);4-6H,1-3H2;/q2*-1;. The van der Waals surface area contributed by atoms with E-state index < -0.39 is 12.2 Å². The van der Waals surface area contributed by atoms with Gasteiger partial charge in [-0.1, -0.05) is 0 Å². The number of carbonyl (C=O) groups excluding carboxylic acids is 1. The monoisotopic (exact) mass is 610 g/mol. The molecule has 0 aromatic heterocycles. The van der Waals surface area contributed by atoms with Crippen LogP contribution in [0.1, 0.15) is 6.92 Å². The Hall–Kier alpha value is -2.71.